The van der Waals surface area contributed by atoms with Crippen LogP contribution in [0.4, 0.5) is 0 Å². The van der Waals surface area contributed by atoms with Gasteiger partial charge in [0, 0.05) is 17.3 Å². The third kappa shape index (κ3) is 2.69. The second-order valence-corrected chi connectivity index (χ2v) is 4.79. The highest BCUT2D eigenvalue weighted by molar-refractivity contribution is 6.18. The number of aromatic nitrogens is 1. The SMILES string of the molecule is O=C(c1ccccc1)c1cccnc1C(=O)c1ccccc1. The first-order valence-electron chi connectivity index (χ1n) is 6.92. The van der Waals surface area contributed by atoms with E-state index in [0.717, 1.165) is 0 Å². The van der Waals surface area contributed by atoms with E-state index < -0.39 is 0 Å². The Kier molecular flexibility index (Phi) is 3.88. The predicted octanol–water partition coefficient (Wildman–Crippen LogP) is 3.54. The Hall–Kier alpha value is -3.07. The Morgan fingerprint density at radius 2 is 1.18 bits per heavy atom. The summed E-state index contributed by atoms with van der Waals surface area (Å²) < 4.78 is 0. The summed E-state index contributed by atoms with van der Waals surface area (Å²) in [5.74, 6) is -0.450. The van der Waals surface area contributed by atoms with Gasteiger partial charge in [0.05, 0.1) is 5.56 Å². The average molecular weight is 287 g/mol. The lowest BCUT2D eigenvalue weighted by Gasteiger charge is -2.07. The van der Waals surface area contributed by atoms with Crippen LogP contribution in [0.1, 0.15) is 32.0 Å². The van der Waals surface area contributed by atoms with Gasteiger partial charge in [-0.2, -0.15) is 0 Å². The number of nitrogens with zero attached hydrogens (tertiary/aromatic N) is 1. The van der Waals surface area contributed by atoms with Crippen molar-refractivity contribution in [3.63, 3.8) is 0 Å². The Morgan fingerprint density at radius 3 is 1.77 bits per heavy atom. The Balaban J connectivity index is 2.04. The molecule has 22 heavy (non-hydrogen) atoms. The fraction of sp³-hybridized carbons (Fsp3) is 0. The molecular formula is C19H13NO2. The molecule has 0 unspecified atom stereocenters. The van der Waals surface area contributed by atoms with Crippen molar-refractivity contribution in [3.8, 4) is 0 Å². The summed E-state index contributed by atoms with van der Waals surface area (Å²) in [6.07, 6.45) is 1.53. The molecule has 106 valence electrons. The molecule has 0 aliphatic rings. The molecule has 3 heteroatoms. The number of carbonyl (C=O) groups is 2. The molecular weight excluding hydrogens is 274 g/mol. The molecule has 0 bridgehead atoms. The number of ketones is 2. The summed E-state index contributed by atoms with van der Waals surface area (Å²) in [6, 6.07) is 21.0. The van der Waals surface area contributed by atoms with Gasteiger partial charge in [-0.25, -0.2) is 0 Å². The topological polar surface area (TPSA) is 47.0 Å². The maximum atomic E-state index is 12.6. The minimum Gasteiger partial charge on any atom is -0.289 e. The van der Waals surface area contributed by atoms with Crippen molar-refractivity contribution in [1.29, 1.82) is 0 Å². The van der Waals surface area contributed by atoms with Crippen LogP contribution in [0.15, 0.2) is 79.0 Å². The predicted molar refractivity (Wildman–Crippen MR) is 84.0 cm³/mol. The monoisotopic (exact) mass is 287 g/mol. The van der Waals surface area contributed by atoms with Crippen LogP contribution >= 0.6 is 0 Å². The summed E-state index contributed by atoms with van der Waals surface area (Å²) in [6.45, 7) is 0. The molecule has 3 aromatic rings. The van der Waals surface area contributed by atoms with E-state index in [2.05, 4.69) is 4.98 Å². The van der Waals surface area contributed by atoms with E-state index >= 15 is 0 Å². The molecule has 3 rings (SSSR count). The Morgan fingerprint density at radius 1 is 0.636 bits per heavy atom. The van der Waals surface area contributed by atoms with Crippen LogP contribution in [0, 0.1) is 0 Å². The van der Waals surface area contributed by atoms with Crippen molar-refractivity contribution in [2.75, 3.05) is 0 Å². The van der Waals surface area contributed by atoms with Crippen LogP contribution in [0.3, 0.4) is 0 Å². The molecule has 0 fully saturated rings. The molecule has 0 saturated heterocycles. The minimum atomic E-state index is -0.250. The molecule has 3 nitrogen and oxygen atoms in total. The Labute approximate surface area is 128 Å². The maximum absolute atomic E-state index is 12.6. The highest BCUT2D eigenvalue weighted by Crippen LogP contribution is 2.16. The highest BCUT2D eigenvalue weighted by atomic mass is 16.1. The molecule has 1 aromatic heterocycles. The lowest BCUT2D eigenvalue weighted by molar-refractivity contribution is 0.0999. The number of rotatable bonds is 4. The normalized spacial score (nSPS) is 10.2. The van der Waals surface area contributed by atoms with Gasteiger partial charge in [0.1, 0.15) is 5.69 Å². The highest BCUT2D eigenvalue weighted by Gasteiger charge is 2.20. The third-order valence-corrected chi connectivity index (χ3v) is 3.34. The molecule has 0 N–H and O–H groups in total. The van der Waals surface area contributed by atoms with E-state index in [9.17, 15) is 9.59 Å². The molecule has 0 aliphatic carbocycles. The van der Waals surface area contributed by atoms with Crippen LogP contribution in [-0.2, 0) is 0 Å². The fourth-order valence-electron chi connectivity index (χ4n) is 2.24. The van der Waals surface area contributed by atoms with E-state index in [1.54, 1.807) is 60.7 Å². The minimum absolute atomic E-state index is 0.183. The zero-order valence-corrected chi connectivity index (χ0v) is 11.8. The van der Waals surface area contributed by atoms with Crippen molar-refractivity contribution in [3.05, 3.63) is 101 Å². The van der Waals surface area contributed by atoms with Crippen molar-refractivity contribution < 1.29 is 9.59 Å². The van der Waals surface area contributed by atoms with E-state index in [-0.39, 0.29) is 17.3 Å². The first-order chi connectivity index (χ1) is 10.8. The number of carbonyl (C=O) groups excluding carboxylic acids is 2. The summed E-state index contributed by atoms with van der Waals surface area (Å²) in [5, 5.41) is 0. The van der Waals surface area contributed by atoms with Crippen molar-refractivity contribution >= 4 is 11.6 Å². The standard InChI is InChI=1S/C19H13NO2/c21-18(14-8-3-1-4-9-14)16-12-7-13-20-17(16)19(22)15-10-5-2-6-11-15/h1-13H. The van der Waals surface area contributed by atoms with Gasteiger partial charge in [0.25, 0.3) is 0 Å². The first-order valence-corrected chi connectivity index (χ1v) is 6.92. The third-order valence-electron chi connectivity index (χ3n) is 3.34. The smallest absolute Gasteiger partial charge is 0.212 e. The van der Waals surface area contributed by atoms with Gasteiger partial charge in [0.2, 0.25) is 5.78 Å². The van der Waals surface area contributed by atoms with Gasteiger partial charge in [-0.05, 0) is 12.1 Å². The zero-order valence-electron chi connectivity index (χ0n) is 11.8. The largest absolute Gasteiger partial charge is 0.289 e. The summed E-state index contributed by atoms with van der Waals surface area (Å²) in [7, 11) is 0. The van der Waals surface area contributed by atoms with E-state index in [0.29, 0.717) is 16.7 Å². The van der Waals surface area contributed by atoms with Crippen LogP contribution < -0.4 is 0 Å². The second-order valence-electron chi connectivity index (χ2n) is 4.79. The number of benzene rings is 2. The Bertz CT molecular complexity index is 741. The van der Waals surface area contributed by atoms with Crippen molar-refractivity contribution in [2.45, 2.75) is 0 Å². The molecule has 0 aliphatic heterocycles. The quantitative estimate of drug-likeness (QED) is 0.689. The lowest BCUT2D eigenvalue weighted by Crippen LogP contribution is -2.13. The lowest BCUT2D eigenvalue weighted by atomic mass is 9.97. The van der Waals surface area contributed by atoms with Crippen molar-refractivity contribution in [2.24, 2.45) is 0 Å². The number of hydrogen-bond acceptors (Lipinski definition) is 3. The molecule has 0 atom stereocenters. The molecule has 0 saturated carbocycles. The number of hydrogen-bond donors (Lipinski definition) is 0. The second kappa shape index (κ2) is 6.14. The van der Waals surface area contributed by atoms with Gasteiger partial charge < -0.3 is 0 Å². The van der Waals surface area contributed by atoms with E-state index in [1.807, 2.05) is 12.1 Å². The molecule has 1 heterocycles. The van der Waals surface area contributed by atoms with Gasteiger partial charge in [-0.15, -0.1) is 0 Å². The average Bonchev–Trinajstić information content (AvgIpc) is 2.62. The summed E-state index contributed by atoms with van der Waals surface area (Å²) in [5.41, 5.74) is 1.56. The van der Waals surface area contributed by atoms with Gasteiger partial charge >= 0.3 is 0 Å². The van der Waals surface area contributed by atoms with E-state index in [4.69, 9.17) is 0 Å². The first kappa shape index (κ1) is 13.9. The van der Waals surface area contributed by atoms with Gasteiger partial charge in [-0.3, -0.25) is 14.6 Å². The van der Waals surface area contributed by atoms with Gasteiger partial charge in [0.15, 0.2) is 5.78 Å². The van der Waals surface area contributed by atoms with Crippen LogP contribution in [0.5, 0.6) is 0 Å². The van der Waals surface area contributed by atoms with Crippen LogP contribution in [0.2, 0.25) is 0 Å². The van der Waals surface area contributed by atoms with Crippen LogP contribution in [-0.4, -0.2) is 16.6 Å². The maximum Gasteiger partial charge on any atom is 0.212 e. The summed E-state index contributed by atoms with van der Waals surface area (Å²) in [4.78, 5) is 29.3. The molecule has 0 spiro atoms. The fourth-order valence-corrected chi connectivity index (χ4v) is 2.24. The van der Waals surface area contributed by atoms with E-state index in [1.165, 1.54) is 6.20 Å². The number of pyridine rings is 1. The molecule has 2 aromatic carbocycles. The van der Waals surface area contributed by atoms with Gasteiger partial charge in [-0.1, -0.05) is 60.7 Å². The molecule has 0 amide bonds. The summed E-state index contributed by atoms with van der Waals surface area (Å²) >= 11 is 0. The van der Waals surface area contributed by atoms with Crippen LogP contribution in [0.25, 0.3) is 0 Å². The molecule has 0 radical (unpaired) electrons. The van der Waals surface area contributed by atoms with Crippen molar-refractivity contribution in [1.82, 2.24) is 4.98 Å². The zero-order chi connectivity index (χ0) is 15.4.